The molecule has 1 aromatic carbocycles. The molecule has 0 saturated heterocycles. The number of guanidine groups is 1. The second-order valence-corrected chi connectivity index (χ2v) is 5.16. The number of aliphatic hydroxyl groups excluding tert-OH is 1. The summed E-state index contributed by atoms with van der Waals surface area (Å²) in [6.07, 6.45) is 0.0198. The molecule has 1 rings (SSSR count). The number of aliphatic hydroxyl groups is 1. The van der Waals surface area contributed by atoms with Gasteiger partial charge >= 0.3 is 6.61 Å². The lowest BCUT2D eigenvalue weighted by atomic mass is 10.1. The van der Waals surface area contributed by atoms with Gasteiger partial charge in [-0.25, -0.2) is 0 Å². The van der Waals surface area contributed by atoms with Crippen LogP contribution >= 0.6 is 24.0 Å². The fourth-order valence-corrected chi connectivity index (χ4v) is 2.02. The number of aliphatic imine (C=N–C) groups is 1. The number of alkyl halides is 2. The van der Waals surface area contributed by atoms with Crippen molar-refractivity contribution in [3.8, 4) is 5.75 Å². The van der Waals surface area contributed by atoms with Gasteiger partial charge in [0.05, 0.1) is 12.6 Å². The topological polar surface area (TPSA) is 75.1 Å². The lowest BCUT2D eigenvalue weighted by Gasteiger charge is -2.14. The standard InChI is InChI=1S/C17H27F2N3O3.HI/c1-3-20-17(21-10-5-11-24-4-2)22-12-15(23)13-6-8-14(9-7-13)25-16(18)19;/h6-9,15-16,23H,3-5,10-12H2,1-2H3,(H2,20,21,22);1H. The Morgan fingerprint density at radius 3 is 2.46 bits per heavy atom. The fraction of sp³-hybridized carbons (Fsp3) is 0.588. The van der Waals surface area contributed by atoms with Gasteiger partial charge in [-0.2, -0.15) is 8.78 Å². The first-order valence-electron chi connectivity index (χ1n) is 8.39. The van der Waals surface area contributed by atoms with Gasteiger partial charge in [-0.1, -0.05) is 12.1 Å². The molecule has 0 spiro atoms. The molecule has 0 heterocycles. The van der Waals surface area contributed by atoms with E-state index >= 15 is 0 Å². The van der Waals surface area contributed by atoms with Crippen LogP contribution in [-0.4, -0.2) is 50.5 Å². The van der Waals surface area contributed by atoms with Gasteiger partial charge < -0.3 is 25.2 Å². The highest BCUT2D eigenvalue weighted by Crippen LogP contribution is 2.19. The zero-order valence-corrected chi connectivity index (χ0v) is 17.4. The third-order valence-electron chi connectivity index (χ3n) is 3.22. The quantitative estimate of drug-likeness (QED) is 0.194. The first kappa shape index (κ1) is 24.8. The van der Waals surface area contributed by atoms with Crippen LogP contribution in [0.15, 0.2) is 29.3 Å². The Bertz CT molecular complexity index is 505. The molecule has 150 valence electrons. The van der Waals surface area contributed by atoms with E-state index in [0.29, 0.717) is 37.8 Å². The largest absolute Gasteiger partial charge is 0.435 e. The first-order chi connectivity index (χ1) is 12.1. The third kappa shape index (κ3) is 10.7. The summed E-state index contributed by atoms with van der Waals surface area (Å²) >= 11 is 0. The van der Waals surface area contributed by atoms with Crippen LogP contribution in [0.2, 0.25) is 0 Å². The van der Waals surface area contributed by atoms with E-state index in [0.717, 1.165) is 6.42 Å². The van der Waals surface area contributed by atoms with E-state index in [1.807, 2.05) is 13.8 Å². The predicted octanol–water partition coefficient (Wildman–Crippen LogP) is 2.92. The third-order valence-corrected chi connectivity index (χ3v) is 3.22. The molecule has 1 aromatic rings. The van der Waals surface area contributed by atoms with Crippen LogP contribution in [0.5, 0.6) is 5.75 Å². The molecule has 1 atom stereocenters. The lowest BCUT2D eigenvalue weighted by molar-refractivity contribution is -0.0498. The second-order valence-electron chi connectivity index (χ2n) is 5.16. The van der Waals surface area contributed by atoms with Gasteiger partial charge in [-0.05, 0) is 38.0 Å². The number of hydrogen-bond donors (Lipinski definition) is 3. The molecule has 0 amide bonds. The number of hydrogen-bond acceptors (Lipinski definition) is 4. The van der Waals surface area contributed by atoms with Gasteiger partial charge in [0.25, 0.3) is 0 Å². The van der Waals surface area contributed by atoms with Crippen molar-refractivity contribution < 1.29 is 23.4 Å². The summed E-state index contributed by atoms with van der Waals surface area (Å²) in [6, 6.07) is 5.87. The zero-order chi connectivity index (χ0) is 18.5. The van der Waals surface area contributed by atoms with E-state index in [1.165, 1.54) is 12.1 Å². The highest BCUT2D eigenvalue weighted by molar-refractivity contribution is 14.0. The van der Waals surface area contributed by atoms with Crippen LogP contribution in [0.25, 0.3) is 0 Å². The van der Waals surface area contributed by atoms with E-state index in [9.17, 15) is 13.9 Å². The van der Waals surface area contributed by atoms with Crippen molar-refractivity contribution in [2.24, 2.45) is 4.99 Å². The minimum atomic E-state index is -2.86. The molecule has 1 unspecified atom stereocenters. The summed E-state index contributed by atoms with van der Waals surface area (Å²) in [6.45, 7) is 3.98. The molecule has 26 heavy (non-hydrogen) atoms. The van der Waals surface area contributed by atoms with Crippen LogP contribution in [0.1, 0.15) is 31.9 Å². The van der Waals surface area contributed by atoms with E-state index < -0.39 is 12.7 Å². The van der Waals surface area contributed by atoms with Crippen molar-refractivity contribution in [2.45, 2.75) is 33.0 Å². The molecule has 0 aliphatic carbocycles. The normalized spacial score (nSPS) is 12.5. The molecular formula is C17H28F2IN3O3. The number of halogens is 3. The predicted molar refractivity (Wildman–Crippen MR) is 109 cm³/mol. The molecule has 0 saturated carbocycles. The molecule has 0 radical (unpaired) electrons. The Kier molecular flexibility index (Phi) is 14.2. The minimum Gasteiger partial charge on any atom is -0.435 e. The van der Waals surface area contributed by atoms with E-state index in [2.05, 4.69) is 20.4 Å². The van der Waals surface area contributed by atoms with Gasteiger partial charge in [0.2, 0.25) is 0 Å². The SMILES string of the molecule is CCNC(=NCC(O)c1ccc(OC(F)F)cc1)NCCCOCC.I. The molecule has 0 aliphatic rings. The number of nitrogens with zero attached hydrogens (tertiary/aromatic N) is 1. The summed E-state index contributed by atoms with van der Waals surface area (Å²) < 4.78 is 33.8. The fourth-order valence-electron chi connectivity index (χ4n) is 2.02. The summed E-state index contributed by atoms with van der Waals surface area (Å²) in [4.78, 5) is 4.33. The van der Waals surface area contributed by atoms with Crippen molar-refractivity contribution in [1.82, 2.24) is 10.6 Å². The van der Waals surface area contributed by atoms with Crippen molar-refractivity contribution in [3.05, 3.63) is 29.8 Å². The van der Waals surface area contributed by atoms with Crippen molar-refractivity contribution >= 4 is 29.9 Å². The molecule has 9 heteroatoms. The maximum absolute atomic E-state index is 12.1. The maximum atomic E-state index is 12.1. The van der Waals surface area contributed by atoms with Gasteiger partial charge in [0.1, 0.15) is 5.75 Å². The number of rotatable bonds is 11. The minimum absolute atomic E-state index is 0. The van der Waals surface area contributed by atoms with Crippen LogP contribution in [-0.2, 0) is 4.74 Å². The van der Waals surface area contributed by atoms with E-state index in [4.69, 9.17) is 4.74 Å². The van der Waals surface area contributed by atoms with Crippen LogP contribution in [0, 0.1) is 0 Å². The van der Waals surface area contributed by atoms with Crippen LogP contribution < -0.4 is 15.4 Å². The van der Waals surface area contributed by atoms with Gasteiger partial charge in [0, 0.05) is 26.3 Å². The Morgan fingerprint density at radius 1 is 1.19 bits per heavy atom. The molecule has 0 fully saturated rings. The van der Waals surface area contributed by atoms with Crippen molar-refractivity contribution in [2.75, 3.05) is 32.8 Å². The van der Waals surface area contributed by atoms with E-state index in [1.54, 1.807) is 12.1 Å². The average Bonchev–Trinajstić information content (AvgIpc) is 2.59. The van der Waals surface area contributed by atoms with Crippen LogP contribution in [0.3, 0.4) is 0 Å². The Hall–Kier alpha value is -1.20. The van der Waals surface area contributed by atoms with Crippen molar-refractivity contribution in [3.63, 3.8) is 0 Å². The second kappa shape index (κ2) is 14.9. The number of benzene rings is 1. The monoisotopic (exact) mass is 487 g/mol. The first-order valence-corrected chi connectivity index (χ1v) is 8.39. The highest BCUT2D eigenvalue weighted by Gasteiger charge is 2.09. The number of ether oxygens (including phenoxy) is 2. The molecule has 3 N–H and O–H groups in total. The van der Waals surface area contributed by atoms with Crippen molar-refractivity contribution in [1.29, 1.82) is 0 Å². The molecule has 0 aliphatic heterocycles. The highest BCUT2D eigenvalue weighted by atomic mass is 127. The number of nitrogens with one attached hydrogen (secondary N) is 2. The summed E-state index contributed by atoms with van der Waals surface area (Å²) in [5.74, 6) is 0.662. The molecule has 6 nitrogen and oxygen atoms in total. The molecule has 0 aromatic heterocycles. The summed E-state index contributed by atoms with van der Waals surface area (Å²) in [7, 11) is 0. The smallest absolute Gasteiger partial charge is 0.387 e. The zero-order valence-electron chi connectivity index (χ0n) is 15.1. The Balaban J connectivity index is 0.00000625. The average molecular weight is 487 g/mol. The molecular weight excluding hydrogens is 459 g/mol. The van der Waals surface area contributed by atoms with Gasteiger partial charge in [0.15, 0.2) is 5.96 Å². The Morgan fingerprint density at radius 2 is 1.88 bits per heavy atom. The van der Waals surface area contributed by atoms with E-state index in [-0.39, 0.29) is 36.3 Å². The lowest BCUT2D eigenvalue weighted by Crippen LogP contribution is -2.38. The summed E-state index contributed by atoms with van der Waals surface area (Å²) in [5.41, 5.74) is 0.581. The molecule has 0 bridgehead atoms. The Labute approximate surface area is 170 Å². The van der Waals surface area contributed by atoms with Gasteiger partial charge in [-0.15, -0.1) is 24.0 Å². The maximum Gasteiger partial charge on any atom is 0.387 e. The van der Waals surface area contributed by atoms with Crippen LogP contribution in [0.4, 0.5) is 8.78 Å². The summed E-state index contributed by atoms with van der Waals surface area (Å²) in [5, 5.41) is 16.4. The van der Waals surface area contributed by atoms with Gasteiger partial charge in [-0.3, -0.25) is 4.99 Å².